The van der Waals surface area contributed by atoms with Gasteiger partial charge >= 0.3 is 0 Å². The van der Waals surface area contributed by atoms with Crippen molar-refractivity contribution in [3.63, 3.8) is 0 Å². The standard InChI is InChI=1S/C12H11BrFNO3S2/c1-7-2-3-8(14)4-10(7)15-20(17,18)11-5-9(6-16)19-12(11)13/h2-5,15-16H,6H2,1H3. The summed E-state index contributed by atoms with van der Waals surface area (Å²) in [7, 11) is -3.84. The Morgan fingerprint density at radius 1 is 1.40 bits per heavy atom. The number of aryl methyl sites for hydroxylation is 1. The molecule has 1 heterocycles. The first kappa shape index (κ1) is 15.4. The van der Waals surface area contributed by atoms with Crippen LogP contribution in [0.4, 0.5) is 10.1 Å². The van der Waals surface area contributed by atoms with E-state index in [1.54, 1.807) is 6.92 Å². The molecule has 0 aliphatic heterocycles. The third-order valence-electron chi connectivity index (χ3n) is 2.60. The number of thiophene rings is 1. The molecule has 2 rings (SSSR count). The van der Waals surface area contributed by atoms with Crippen molar-refractivity contribution in [3.8, 4) is 0 Å². The minimum Gasteiger partial charge on any atom is -0.391 e. The lowest BCUT2D eigenvalue weighted by Crippen LogP contribution is -2.13. The monoisotopic (exact) mass is 379 g/mol. The van der Waals surface area contributed by atoms with Gasteiger partial charge in [0.25, 0.3) is 10.0 Å². The Bertz CT molecular complexity index is 743. The number of rotatable bonds is 4. The fraction of sp³-hybridized carbons (Fsp3) is 0.167. The Labute approximate surface area is 128 Å². The maximum absolute atomic E-state index is 13.2. The maximum Gasteiger partial charge on any atom is 0.263 e. The molecule has 20 heavy (non-hydrogen) atoms. The zero-order valence-corrected chi connectivity index (χ0v) is 13.6. The van der Waals surface area contributed by atoms with Gasteiger partial charge in [-0.3, -0.25) is 4.72 Å². The predicted molar refractivity (Wildman–Crippen MR) is 79.9 cm³/mol. The molecule has 0 spiro atoms. The predicted octanol–water partition coefficient (Wildman–Crippen LogP) is 3.25. The van der Waals surface area contributed by atoms with Crippen molar-refractivity contribution < 1.29 is 17.9 Å². The first-order chi connectivity index (χ1) is 9.33. The molecule has 0 radical (unpaired) electrons. The Hall–Kier alpha value is -0.960. The normalized spacial score (nSPS) is 11.6. The third kappa shape index (κ3) is 3.20. The first-order valence-corrected chi connectivity index (χ1v) is 8.61. The maximum atomic E-state index is 13.2. The van der Waals surface area contributed by atoms with Crippen LogP contribution in [0.2, 0.25) is 0 Å². The molecule has 1 aromatic carbocycles. The van der Waals surface area contributed by atoms with Crippen molar-refractivity contribution in [1.82, 2.24) is 0 Å². The van der Waals surface area contributed by atoms with E-state index in [9.17, 15) is 12.8 Å². The molecule has 8 heteroatoms. The smallest absolute Gasteiger partial charge is 0.263 e. The minimum absolute atomic E-state index is 0.0233. The molecule has 0 atom stereocenters. The van der Waals surface area contributed by atoms with Gasteiger partial charge in [-0.25, -0.2) is 12.8 Å². The van der Waals surface area contributed by atoms with E-state index in [4.69, 9.17) is 5.11 Å². The lowest BCUT2D eigenvalue weighted by Gasteiger charge is -2.10. The van der Waals surface area contributed by atoms with Crippen molar-refractivity contribution in [3.05, 3.63) is 44.3 Å². The van der Waals surface area contributed by atoms with Gasteiger partial charge in [0.15, 0.2) is 0 Å². The van der Waals surface area contributed by atoms with Gasteiger partial charge in [0, 0.05) is 4.88 Å². The molecule has 0 fully saturated rings. The highest BCUT2D eigenvalue weighted by Gasteiger charge is 2.21. The Balaban J connectivity index is 2.40. The quantitative estimate of drug-likeness (QED) is 0.856. The zero-order valence-electron chi connectivity index (χ0n) is 10.4. The number of hydrogen-bond donors (Lipinski definition) is 2. The highest BCUT2D eigenvalue weighted by Crippen LogP contribution is 2.33. The van der Waals surface area contributed by atoms with E-state index in [-0.39, 0.29) is 17.2 Å². The number of sulfonamides is 1. The summed E-state index contributed by atoms with van der Waals surface area (Å²) in [6.07, 6.45) is 0. The molecule has 0 saturated carbocycles. The number of anilines is 1. The van der Waals surface area contributed by atoms with Crippen LogP contribution in [0.3, 0.4) is 0 Å². The summed E-state index contributed by atoms with van der Waals surface area (Å²) in [4.78, 5) is 0.545. The minimum atomic E-state index is -3.84. The topological polar surface area (TPSA) is 66.4 Å². The molecule has 1 aromatic heterocycles. The molecule has 4 nitrogen and oxygen atoms in total. The molecule has 0 bridgehead atoms. The Kier molecular flexibility index (Phi) is 4.48. The molecular weight excluding hydrogens is 369 g/mol. The lowest BCUT2D eigenvalue weighted by molar-refractivity contribution is 0.285. The van der Waals surface area contributed by atoms with Crippen LogP contribution < -0.4 is 4.72 Å². The van der Waals surface area contributed by atoms with Crippen molar-refractivity contribution >= 4 is 43.0 Å². The molecule has 0 amide bonds. The fourth-order valence-electron chi connectivity index (χ4n) is 1.56. The molecule has 0 aliphatic rings. The van der Waals surface area contributed by atoms with Gasteiger partial charge in [-0.1, -0.05) is 6.07 Å². The fourth-order valence-corrected chi connectivity index (χ4v) is 5.23. The number of nitrogens with one attached hydrogen (secondary N) is 1. The zero-order chi connectivity index (χ0) is 14.9. The molecule has 0 saturated heterocycles. The summed E-state index contributed by atoms with van der Waals surface area (Å²) >= 11 is 4.29. The van der Waals surface area contributed by atoms with Gasteiger partial charge in [-0.05, 0) is 46.6 Å². The number of halogens is 2. The van der Waals surface area contributed by atoms with Crippen molar-refractivity contribution in [1.29, 1.82) is 0 Å². The van der Waals surface area contributed by atoms with Gasteiger partial charge in [0.05, 0.1) is 16.1 Å². The number of hydrogen-bond acceptors (Lipinski definition) is 4. The van der Waals surface area contributed by atoms with E-state index in [2.05, 4.69) is 20.7 Å². The summed E-state index contributed by atoms with van der Waals surface area (Å²) in [6, 6.07) is 5.26. The van der Waals surface area contributed by atoms with Crippen molar-refractivity contribution in [2.75, 3.05) is 4.72 Å². The number of aliphatic hydroxyl groups is 1. The number of aliphatic hydroxyl groups excluding tert-OH is 1. The summed E-state index contributed by atoms with van der Waals surface area (Å²) in [6.45, 7) is 1.44. The highest BCUT2D eigenvalue weighted by atomic mass is 79.9. The third-order valence-corrected chi connectivity index (χ3v) is 6.20. The average molecular weight is 380 g/mol. The number of benzene rings is 1. The van der Waals surface area contributed by atoms with E-state index >= 15 is 0 Å². The second-order valence-electron chi connectivity index (χ2n) is 4.07. The van der Waals surface area contributed by atoms with Crippen LogP contribution in [0, 0.1) is 12.7 Å². The second-order valence-corrected chi connectivity index (χ2v) is 8.18. The van der Waals surface area contributed by atoms with Crippen LogP contribution >= 0.6 is 27.3 Å². The van der Waals surface area contributed by atoms with E-state index in [1.165, 1.54) is 18.2 Å². The first-order valence-electron chi connectivity index (χ1n) is 5.51. The lowest BCUT2D eigenvalue weighted by atomic mass is 10.2. The van der Waals surface area contributed by atoms with E-state index < -0.39 is 15.8 Å². The molecule has 0 unspecified atom stereocenters. The van der Waals surface area contributed by atoms with Gasteiger partial charge in [-0.15, -0.1) is 11.3 Å². The van der Waals surface area contributed by atoms with E-state index in [0.717, 1.165) is 17.4 Å². The van der Waals surface area contributed by atoms with Gasteiger partial charge < -0.3 is 5.11 Å². The van der Waals surface area contributed by atoms with Crippen LogP contribution in [0.15, 0.2) is 32.9 Å². The van der Waals surface area contributed by atoms with Crippen molar-refractivity contribution in [2.45, 2.75) is 18.4 Å². The summed E-state index contributed by atoms with van der Waals surface area (Å²) in [5.41, 5.74) is 0.803. The molecule has 0 aliphatic carbocycles. The largest absolute Gasteiger partial charge is 0.391 e. The summed E-state index contributed by atoms with van der Waals surface area (Å²) < 4.78 is 40.5. The summed E-state index contributed by atoms with van der Waals surface area (Å²) in [5.74, 6) is -0.520. The van der Waals surface area contributed by atoms with Crippen LogP contribution in [0.1, 0.15) is 10.4 Å². The van der Waals surface area contributed by atoms with Crippen LogP contribution in [-0.4, -0.2) is 13.5 Å². The SMILES string of the molecule is Cc1ccc(F)cc1NS(=O)(=O)c1cc(CO)sc1Br. The van der Waals surface area contributed by atoms with E-state index in [0.29, 0.717) is 14.2 Å². The van der Waals surface area contributed by atoms with Gasteiger partial charge in [-0.2, -0.15) is 0 Å². The summed E-state index contributed by atoms with van der Waals surface area (Å²) in [5, 5.41) is 9.04. The molecule has 2 aromatic rings. The van der Waals surface area contributed by atoms with Crippen molar-refractivity contribution in [2.24, 2.45) is 0 Å². The average Bonchev–Trinajstić information content (AvgIpc) is 2.76. The molecular formula is C12H11BrFNO3S2. The van der Waals surface area contributed by atoms with Crippen LogP contribution in [0.5, 0.6) is 0 Å². The van der Waals surface area contributed by atoms with Crippen LogP contribution in [0.25, 0.3) is 0 Å². The second kappa shape index (κ2) is 5.80. The Morgan fingerprint density at radius 2 is 2.10 bits per heavy atom. The van der Waals surface area contributed by atoms with Gasteiger partial charge in [0.1, 0.15) is 10.7 Å². The molecule has 108 valence electrons. The highest BCUT2D eigenvalue weighted by molar-refractivity contribution is 9.11. The van der Waals surface area contributed by atoms with E-state index in [1.807, 2.05) is 0 Å². The van der Waals surface area contributed by atoms with Gasteiger partial charge in [0.2, 0.25) is 0 Å². The Morgan fingerprint density at radius 3 is 2.70 bits per heavy atom. The van der Waals surface area contributed by atoms with Crippen LogP contribution in [-0.2, 0) is 16.6 Å². The molecule has 2 N–H and O–H groups in total.